The van der Waals surface area contributed by atoms with E-state index in [1.165, 1.54) is 12.3 Å². The summed E-state index contributed by atoms with van der Waals surface area (Å²) in [6.07, 6.45) is 1.34. The van der Waals surface area contributed by atoms with Crippen LogP contribution >= 0.6 is 0 Å². The van der Waals surface area contributed by atoms with Crippen LogP contribution in [-0.4, -0.2) is 17.5 Å². The van der Waals surface area contributed by atoms with Crippen LogP contribution in [0.4, 0.5) is 14.5 Å². The molecule has 0 aliphatic carbocycles. The number of ether oxygens (including phenoxy) is 1. The van der Waals surface area contributed by atoms with Gasteiger partial charge in [0.05, 0.1) is 5.69 Å². The number of nitrogens with zero attached hydrogens (tertiary/aromatic N) is 1. The van der Waals surface area contributed by atoms with Crippen LogP contribution in [-0.2, 0) is 4.79 Å². The maximum absolute atomic E-state index is 13.7. The van der Waals surface area contributed by atoms with Gasteiger partial charge in [0.1, 0.15) is 17.1 Å². The fourth-order valence-electron chi connectivity index (χ4n) is 2.14. The van der Waals surface area contributed by atoms with Crippen molar-refractivity contribution in [3.63, 3.8) is 0 Å². The quantitative estimate of drug-likeness (QED) is 0.801. The number of amides is 1. The number of fused-ring (bicyclic) bond motifs is 1. The van der Waals surface area contributed by atoms with Crippen molar-refractivity contribution < 1.29 is 18.3 Å². The molecule has 0 atom stereocenters. The van der Waals surface area contributed by atoms with Crippen LogP contribution in [0.3, 0.4) is 0 Å². The van der Waals surface area contributed by atoms with Crippen LogP contribution in [0, 0.1) is 11.6 Å². The summed E-state index contributed by atoms with van der Waals surface area (Å²) in [5.41, 5.74) is 0.267. The molecular formula is C17H12F2N2O2. The van der Waals surface area contributed by atoms with E-state index in [2.05, 4.69) is 10.3 Å². The molecule has 23 heavy (non-hydrogen) atoms. The summed E-state index contributed by atoms with van der Waals surface area (Å²) in [6.45, 7) is -0.217. The van der Waals surface area contributed by atoms with Crippen molar-refractivity contribution in [3.8, 4) is 5.75 Å². The van der Waals surface area contributed by atoms with E-state index in [9.17, 15) is 13.6 Å². The Morgan fingerprint density at radius 2 is 1.91 bits per heavy atom. The minimum Gasteiger partial charge on any atom is -0.484 e. The molecule has 0 radical (unpaired) electrons. The molecule has 0 spiro atoms. The molecule has 3 aromatic rings. The van der Waals surface area contributed by atoms with E-state index in [1.54, 1.807) is 24.3 Å². The molecule has 0 saturated carbocycles. The maximum atomic E-state index is 13.7. The van der Waals surface area contributed by atoms with Gasteiger partial charge in [0.25, 0.3) is 5.91 Å². The largest absolute Gasteiger partial charge is 0.484 e. The van der Waals surface area contributed by atoms with Gasteiger partial charge in [-0.15, -0.1) is 0 Å². The summed E-state index contributed by atoms with van der Waals surface area (Å²) in [5.74, 6) is -1.40. The summed E-state index contributed by atoms with van der Waals surface area (Å²) in [7, 11) is 0. The molecule has 1 amide bonds. The van der Waals surface area contributed by atoms with Crippen molar-refractivity contribution in [2.75, 3.05) is 11.9 Å². The second-order valence-corrected chi connectivity index (χ2v) is 4.79. The highest BCUT2D eigenvalue weighted by atomic mass is 19.1. The molecule has 0 fully saturated rings. The van der Waals surface area contributed by atoms with Crippen LogP contribution in [0.15, 0.2) is 54.7 Å². The van der Waals surface area contributed by atoms with E-state index in [-0.39, 0.29) is 23.2 Å². The predicted octanol–water partition coefficient (Wildman–Crippen LogP) is 3.53. The molecular weight excluding hydrogens is 302 g/mol. The zero-order valence-corrected chi connectivity index (χ0v) is 11.9. The number of para-hydroxylation sites is 1. The molecule has 6 heteroatoms. The third-order valence-corrected chi connectivity index (χ3v) is 3.15. The van der Waals surface area contributed by atoms with Crippen molar-refractivity contribution in [1.29, 1.82) is 0 Å². The SMILES string of the molecule is O=C(COc1ccccc1)Nc1ccnc2c(F)cc(F)cc12. The Bertz CT molecular complexity index is 854. The minimum atomic E-state index is -0.781. The van der Waals surface area contributed by atoms with Crippen molar-refractivity contribution in [1.82, 2.24) is 4.98 Å². The highest BCUT2D eigenvalue weighted by molar-refractivity contribution is 6.01. The number of aromatic nitrogens is 1. The van der Waals surface area contributed by atoms with E-state index in [1.807, 2.05) is 6.07 Å². The van der Waals surface area contributed by atoms with Gasteiger partial charge in [-0.2, -0.15) is 0 Å². The highest BCUT2D eigenvalue weighted by Gasteiger charge is 2.11. The van der Waals surface area contributed by atoms with E-state index >= 15 is 0 Å². The number of anilines is 1. The molecule has 116 valence electrons. The fourth-order valence-corrected chi connectivity index (χ4v) is 2.14. The summed E-state index contributed by atoms with van der Waals surface area (Å²) in [4.78, 5) is 15.8. The molecule has 1 heterocycles. The molecule has 1 aromatic heterocycles. The Balaban J connectivity index is 1.77. The first kappa shape index (κ1) is 14.9. The summed E-state index contributed by atoms with van der Waals surface area (Å²) in [5, 5.41) is 2.76. The topological polar surface area (TPSA) is 51.2 Å². The number of carbonyl (C=O) groups excluding carboxylic acids is 1. The number of hydrogen-bond acceptors (Lipinski definition) is 3. The average molecular weight is 314 g/mol. The lowest BCUT2D eigenvalue weighted by molar-refractivity contribution is -0.118. The van der Waals surface area contributed by atoms with Crippen molar-refractivity contribution in [2.24, 2.45) is 0 Å². The lowest BCUT2D eigenvalue weighted by Gasteiger charge is -2.10. The first-order valence-corrected chi connectivity index (χ1v) is 6.85. The standard InChI is InChI=1S/C17H12F2N2O2/c18-11-8-13-15(6-7-20-17(13)14(19)9-11)21-16(22)10-23-12-4-2-1-3-5-12/h1-9H,10H2,(H,20,21,22). The summed E-state index contributed by atoms with van der Waals surface area (Å²) >= 11 is 0. The first-order chi connectivity index (χ1) is 11.1. The van der Waals surface area contributed by atoms with Gasteiger partial charge < -0.3 is 10.1 Å². The Morgan fingerprint density at radius 1 is 1.13 bits per heavy atom. The monoisotopic (exact) mass is 314 g/mol. The van der Waals surface area contributed by atoms with E-state index in [4.69, 9.17) is 4.74 Å². The van der Waals surface area contributed by atoms with Gasteiger partial charge in [-0.25, -0.2) is 8.78 Å². The lowest BCUT2D eigenvalue weighted by Crippen LogP contribution is -2.20. The molecule has 0 aliphatic rings. The molecule has 1 N–H and O–H groups in total. The maximum Gasteiger partial charge on any atom is 0.262 e. The zero-order chi connectivity index (χ0) is 16.2. The lowest BCUT2D eigenvalue weighted by atomic mass is 10.1. The Morgan fingerprint density at radius 3 is 2.70 bits per heavy atom. The number of rotatable bonds is 4. The Labute approximate surface area is 130 Å². The third-order valence-electron chi connectivity index (χ3n) is 3.15. The fraction of sp³-hybridized carbons (Fsp3) is 0.0588. The van der Waals surface area contributed by atoms with Crippen LogP contribution in [0.1, 0.15) is 0 Å². The molecule has 4 nitrogen and oxygen atoms in total. The molecule has 3 rings (SSSR count). The van der Waals surface area contributed by atoms with Gasteiger partial charge in [0, 0.05) is 17.6 Å². The molecule has 0 saturated heterocycles. The molecule has 2 aromatic carbocycles. The smallest absolute Gasteiger partial charge is 0.262 e. The molecule has 0 unspecified atom stereocenters. The summed E-state index contributed by atoms with van der Waals surface area (Å²) in [6, 6.07) is 12.2. The zero-order valence-electron chi connectivity index (χ0n) is 11.9. The van der Waals surface area contributed by atoms with Gasteiger partial charge in [0.15, 0.2) is 12.4 Å². The number of halogens is 2. The van der Waals surface area contributed by atoms with Crippen LogP contribution in [0.5, 0.6) is 5.75 Å². The average Bonchev–Trinajstić information content (AvgIpc) is 2.55. The summed E-state index contributed by atoms with van der Waals surface area (Å²) < 4.78 is 32.4. The van der Waals surface area contributed by atoms with Crippen LogP contribution in [0.2, 0.25) is 0 Å². The van der Waals surface area contributed by atoms with Gasteiger partial charge in [-0.3, -0.25) is 9.78 Å². The number of carbonyl (C=O) groups is 1. The van der Waals surface area contributed by atoms with E-state index in [0.29, 0.717) is 5.75 Å². The van der Waals surface area contributed by atoms with Gasteiger partial charge in [-0.1, -0.05) is 18.2 Å². The normalized spacial score (nSPS) is 10.5. The second-order valence-electron chi connectivity index (χ2n) is 4.79. The van der Waals surface area contributed by atoms with Gasteiger partial charge in [0.2, 0.25) is 0 Å². The Hall–Kier alpha value is -3.02. The minimum absolute atomic E-state index is 0.00632. The first-order valence-electron chi connectivity index (χ1n) is 6.85. The van der Waals surface area contributed by atoms with Crippen molar-refractivity contribution >= 4 is 22.5 Å². The van der Waals surface area contributed by atoms with E-state index in [0.717, 1.165) is 12.1 Å². The highest BCUT2D eigenvalue weighted by Crippen LogP contribution is 2.24. The number of benzene rings is 2. The Kier molecular flexibility index (Phi) is 4.14. The van der Waals surface area contributed by atoms with E-state index < -0.39 is 17.5 Å². The number of nitrogens with one attached hydrogen (secondary N) is 1. The van der Waals surface area contributed by atoms with Crippen LogP contribution in [0.25, 0.3) is 10.9 Å². The van der Waals surface area contributed by atoms with Crippen molar-refractivity contribution in [2.45, 2.75) is 0 Å². The van der Waals surface area contributed by atoms with Crippen LogP contribution < -0.4 is 10.1 Å². The van der Waals surface area contributed by atoms with Gasteiger partial charge >= 0.3 is 0 Å². The van der Waals surface area contributed by atoms with Gasteiger partial charge in [-0.05, 0) is 24.3 Å². The third kappa shape index (κ3) is 3.42. The van der Waals surface area contributed by atoms with Crippen molar-refractivity contribution in [3.05, 3.63) is 66.4 Å². The molecule has 0 aliphatic heterocycles. The number of pyridine rings is 1. The number of hydrogen-bond donors (Lipinski definition) is 1. The second kappa shape index (κ2) is 6.39. The molecule has 0 bridgehead atoms. The predicted molar refractivity (Wildman–Crippen MR) is 82.2 cm³/mol.